The number of halogens is 1. The molecule has 0 saturated carbocycles. The van der Waals surface area contributed by atoms with Crippen molar-refractivity contribution < 1.29 is 8.42 Å². The highest BCUT2D eigenvalue weighted by Crippen LogP contribution is 2.36. The SMILES string of the molecule is Cc1ccc(C2=C[C@@H](c3ccccc3Cl)n3nc(NS(=O)(=O)c4ccc(C)cc4)nc3N2)cc1. The molecule has 0 bridgehead atoms. The molecule has 1 aliphatic heterocycles. The Kier molecular flexibility index (Phi) is 5.63. The third-order valence-corrected chi connectivity index (χ3v) is 7.30. The molecule has 0 fully saturated rings. The lowest BCUT2D eigenvalue weighted by Gasteiger charge is -2.25. The fraction of sp³-hybridized carbons (Fsp3) is 0.120. The molecule has 0 unspecified atom stereocenters. The topological polar surface area (TPSA) is 88.9 Å². The van der Waals surface area contributed by atoms with E-state index in [-0.39, 0.29) is 16.9 Å². The Morgan fingerprint density at radius 2 is 1.59 bits per heavy atom. The van der Waals surface area contributed by atoms with Gasteiger partial charge in [-0.3, -0.25) is 0 Å². The number of anilines is 2. The van der Waals surface area contributed by atoms with Crippen molar-refractivity contribution in [2.75, 3.05) is 10.0 Å². The average molecular weight is 492 g/mol. The molecule has 2 N–H and O–H groups in total. The maximum Gasteiger partial charge on any atom is 0.264 e. The number of aromatic nitrogens is 3. The Balaban J connectivity index is 1.55. The molecule has 5 rings (SSSR count). The van der Waals surface area contributed by atoms with Crippen molar-refractivity contribution in [1.82, 2.24) is 14.8 Å². The zero-order valence-electron chi connectivity index (χ0n) is 18.5. The van der Waals surface area contributed by atoms with Gasteiger partial charge in [-0.2, -0.15) is 4.98 Å². The van der Waals surface area contributed by atoms with Gasteiger partial charge in [0, 0.05) is 10.7 Å². The van der Waals surface area contributed by atoms with Crippen molar-refractivity contribution in [3.05, 3.63) is 106 Å². The van der Waals surface area contributed by atoms with E-state index in [2.05, 4.69) is 20.1 Å². The molecule has 4 aromatic rings. The van der Waals surface area contributed by atoms with Gasteiger partial charge in [-0.25, -0.2) is 17.8 Å². The van der Waals surface area contributed by atoms with Crippen LogP contribution in [0.25, 0.3) is 5.70 Å². The van der Waals surface area contributed by atoms with E-state index in [1.54, 1.807) is 28.9 Å². The summed E-state index contributed by atoms with van der Waals surface area (Å²) >= 11 is 6.52. The van der Waals surface area contributed by atoms with Gasteiger partial charge >= 0.3 is 0 Å². The molecule has 2 heterocycles. The fourth-order valence-corrected chi connectivity index (χ4v) is 4.96. The van der Waals surface area contributed by atoms with Crippen molar-refractivity contribution in [1.29, 1.82) is 0 Å². The lowest BCUT2D eigenvalue weighted by Crippen LogP contribution is -2.20. The molecule has 0 amide bonds. The van der Waals surface area contributed by atoms with Gasteiger partial charge in [0.15, 0.2) is 0 Å². The van der Waals surface area contributed by atoms with Crippen molar-refractivity contribution in [2.24, 2.45) is 0 Å². The zero-order chi connectivity index (χ0) is 23.9. The zero-order valence-corrected chi connectivity index (χ0v) is 20.1. The summed E-state index contributed by atoms with van der Waals surface area (Å²) in [7, 11) is -3.85. The number of benzene rings is 3. The fourth-order valence-electron chi connectivity index (χ4n) is 3.77. The molecule has 1 atom stereocenters. The van der Waals surface area contributed by atoms with Crippen LogP contribution < -0.4 is 10.0 Å². The summed E-state index contributed by atoms with van der Waals surface area (Å²) in [5, 5.41) is 8.33. The van der Waals surface area contributed by atoms with Gasteiger partial charge in [0.1, 0.15) is 6.04 Å². The highest BCUT2D eigenvalue weighted by Gasteiger charge is 2.28. The Bertz CT molecular complexity index is 1490. The summed E-state index contributed by atoms with van der Waals surface area (Å²) < 4.78 is 29.9. The largest absolute Gasteiger partial charge is 0.324 e. The van der Waals surface area contributed by atoms with E-state index in [0.29, 0.717) is 11.0 Å². The van der Waals surface area contributed by atoms with Gasteiger partial charge < -0.3 is 5.32 Å². The van der Waals surface area contributed by atoms with E-state index in [0.717, 1.165) is 28.0 Å². The minimum absolute atomic E-state index is 0.0290. The number of hydrogen-bond donors (Lipinski definition) is 2. The van der Waals surface area contributed by atoms with Gasteiger partial charge in [-0.15, -0.1) is 5.10 Å². The van der Waals surface area contributed by atoms with Crippen LogP contribution in [-0.4, -0.2) is 23.2 Å². The molecular weight excluding hydrogens is 470 g/mol. The lowest BCUT2D eigenvalue weighted by molar-refractivity contribution is 0.598. The molecule has 0 saturated heterocycles. The molecule has 1 aliphatic rings. The van der Waals surface area contributed by atoms with E-state index in [9.17, 15) is 8.42 Å². The van der Waals surface area contributed by atoms with Crippen LogP contribution in [-0.2, 0) is 10.0 Å². The first-order chi connectivity index (χ1) is 16.3. The smallest absolute Gasteiger partial charge is 0.264 e. The Morgan fingerprint density at radius 1 is 0.941 bits per heavy atom. The van der Waals surface area contributed by atoms with Gasteiger partial charge in [0.25, 0.3) is 16.0 Å². The van der Waals surface area contributed by atoms with Gasteiger partial charge in [-0.05, 0) is 49.2 Å². The monoisotopic (exact) mass is 491 g/mol. The molecule has 172 valence electrons. The number of nitrogens with one attached hydrogen (secondary N) is 2. The summed E-state index contributed by atoms with van der Waals surface area (Å²) in [6.45, 7) is 3.93. The Labute approximate surface area is 203 Å². The second kappa shape index (κ2) is 8.62. The summed E-state index contributed by atoms with van der Waals surface area (Å²) in [6.07, 6.45) is 2.01. The number of aryl methyl sites for hydroxylation is 2. The number of sulfonamides is 1. The number of nitrogens with zero attached hydrogens (tertiary/aromatic N) is 3. The van der Waals surface area contributed by atoms with Gasteiger partial charge in [0.2, 0.25) is 5.95 Å². The number of allylic oxidation sites excluding steroid dienone is 1. The molecule has 0 radical (unpaired) electrons. The Morgan fingerprint density at radius 3 is 2.26 bits per heavy atom. The normalized spacial score (nSPS) is 15.3. The predicted octanol–water partition coefficient (Wildman–Crippen LogP) is 5.41. The molecule has 34 heavy (non-hydrogen) atoms. The molecule has 0 spiro atoms. The first-order valence-corrected chi connectivity index (χ1v) is 12.5. The van der Waals surface area contributed by atoms with E-state index in [4.69, 9.17) is 11.6 Å². The van der Waals surface area contributed by atoms with Crippen LogP contribution in [0.5, 0.6) is 0 Å². The molecule has 0 aliphatic carbocycles. The van der Waals surface area contributed by atoms with Crippen LogP contribution in [0, 0.1) is 13.8 Å². The van der Waals surface area contributed by atoms with E-state index < -0.39 is 10.0 Å². The average Bonchev–Trinajstić information content (AvgIpc) is 3.21. The molecule has 3 aromatic carbocycles. The van der Waals surface area contributed by atoms with Crippen molar-refractivity contribution in [3.8, 4) is 0 Å². The summed E-state index contributed by atoms with van der Waals surface area (Å²) in [4.78, 5) is 4.58. The van der Waals surface area contributed by atoms with Crippen LogP contribution in [0.4, 0.5) is 11.9 Å². The summed E-state index contributed by atoms with van der Waals surface area (Å²) in [5.74, 6) is 0.378. The van der Waals surface area contributed by atoms with Crippen molar-refractivity contribution in [3.63, 3.8) is 0 Å². The highest BCUT2D eigenvalue weighted by atomic mass is 35.5. The number of rotatable bonds is 5. The van der Waals surface area contributed by atoms with Crippen LogP contribution in [0.1, 0.15) is 28.3 Å². The van der Waals surface area contributed by atoms with E-state index in [1.165, 1.54) is 0 Å². The predicted molar refractivity (Wildman–Crippen MR) is 134 cm³/mol. The summed E-state index contributed by atoms with van der Waals surface area (Å²) in [6, 6.07) is 21.8. The first kappa shape index (κ1) is 22.2. The highest BCUT2D eigenvalue weighted by molar-refractivity contribution is 7.92. The second-order valence-electron chi connectivity index (χ2n) is 8.16. The number of hydrogen-bond acceptors (Lipinski definition) is 5. The first-order valence-electron chi connectivity index (χ1n) is 10.7. The van der Waals surface area contributed by atoms with Crippen LogP contribution >= 0.6 is 11.6 Å². The molecule has 7 nitrogen and oxygen atoms in total. The molecule has 9 heteroatoms. The third kappa shape index (κ3) is 4.30. The second-order valence-corrected chi connectivity index (χ2v) is 10.2. The Hall–Kier alpha value is -3.62. The van der Waals surface area contributed by atoms with Gasteiger partial charge in [-0.1, -0.05) is 77.3 Å². The van der Waals surface area contributed by atoms with Crippen LogP contribution in [0.15, 0.2) is 83.8 Å². The maximum atomic E-state index is 12.9. The van der Waals surface area contributed by atoms with E-state index >= 15 is 0 Å². The van der Waals surface area contributed by atoms with Crippen LogP contribution in [0.2, 0.25) is 5.02 Å². The quantitative estimate of drug-likeness (QED) is 0.390. The standard InChI is InChI=1S/C25H22ClN5O2S/c1-16-7-11-18(12-8-16)22-15-23(20-5-3-4-6-21(20)26)31-25(27-22)28-24(29-31)30-34(32,33)19-13-9-17(2)10-14-19/h3-15,23H,1-2H3,(H2,27,28,29,30)/t23-/m0/s1. The van der Waals surface area contributed by atoms with Gasteiger partial charge in [0.05, 0.1) is 4.90 Å². The van der Waals surface area contributed by atoms with Crippen molar-refractivity contribution >= 4 is 39.2 Å². The van der Waals surface area contributed by atoms with Crippen LogP contribution in [0.3, 0.4) is 0 Å². The lowest BCUT2D eigenvalue weighted by atomic mass is 10.0. The third-order valence-electron chi connectivity index (χ3n) is 5.61. The minimum atomic E-state index is -3.85. The molecular formula is C25H22ClN5O2S. The molecule has 1 aromatic heterocycles. The summed E-state index contributed by atoms with van der Waals surface area (Å²) in [5.41, 5.74) is 4.75. The number of fused-ring (bicyclic) bond motifs is 1. The van der Waals surface area contributed by atoms with Crippen molar-refractivity contribution in [2.45, 2.75) is 24.8 Å². The van der Waals surface area contributed by atoms with E-state index in [1.807, 2.05) is 68.5 Å². The maximum absolute atomic E-state index is 12.9. The minimum Gasteiger partial charge on any atom is -0.324 e.